The van der Waals surface area contributed by atoms with Gasteiger partial charge in [0.15, 0.2) is 0 Å². The van der Waals surface area contributed by atoms with Gasteiger partial charge in [0, 0.05) is 0 Å². The number of rotatable bonds is 2. The first-order valence-corrected chi connectivity index (χ1v) is 11.0. The molecule has 0 N–H and O–H groups in total. The molecule has 0 saturated carbocycles. The number of hydrogen-bond donors (Lipinski definition) is 0. The van der Waals surface area contributed by atoms with E-state index in [2.05, 4.69) is 58.8 Å². The zero-order chi connectivity index (χ0) is 8.58. The predicted molar refractivity (Wildman–Crippen MR) is 48.5 cm³/mol. The molecule has 63 valence electrons. The Labute approximate surface area is 75.4 Å². The van der Waals surface area contributed by atoms with Gasteiger partial charge >= 0.3 is 75.2 Å². The summed E-state index contributed by atoms with van der Waals surface area (Å²) in [5, 5.41) is 0. The first-order chi connectivity index (χ1) is 4.15. The summed E-state index contributed by atoms with van der Waals surface area (Å²) < 4.78 is 2.40. The second-order valence-corrected chi connectivity index (χ2v) is 16.0. The third-order valence-corrected chi connectivity index (χ3v) is 11.9. The summed E-state index contributed by atoms with van der Waals surface area (Å²) in [4.78, 5) is 0. The van der Waals surface area contributed by atoms with E-state index in [1.54, 1.807) is 0 Å². The molecule has 1 nitrogen and oxygen atoms in total. The Balaban J connectivity index is 4.23. The van der Waals surface area contributed by atoms with Crippen molar-refractivity contribution in [2.75, 3.05) is 0 Å². The fraction of sp³-hybridized carbons (Fsp3) is 1.00. The topological polar surface area (TPSA) is 3.24 Å². The van der Waals surface area contributed by atoms with Crippen molar-refractivity contribution in [3.8, 4) is 0 Å². The molecule has 0 saturated heterocycles. The van der Waals surface area contributed by atoms with Crippen LogP contribution in [0.1, 0.15) is 0 Å². The molecule has 0 aromatic rings. The van der Waals surface area contributed by atoms with E-state index in [1.807, 2.05) is 0 Å². The fourth-order valence-electron chi connectivity index (χ4n) is 1.01. The van der Waals surface area contributed by atoms with Crippen molar-refractivity contribution in [1.82, 2.24) is 3.25 Å². The first-order valence-electron chi connectivity index (χ1n) is 3.61. The molecule has 0 aromatic carbocycles. The Bertz CT molecular complexity index is 99.9. The Morgan fingerprint density at radius 2 is 1.00 bits per heavy atom. The van der Waals surface area contributed by atoms with E-state index in [9.17, 15) is 0 Å². The molecule has 0 spiro atoms. The van der Waals surface area contributed by atoms with Gasteiger partial charge in [0.2, 0.25) is 0 Å². The SMILES string of the molecule is C[Si](C)(C)[N]([Fe])[Si](C)(C)C. The van der Waals surface area contributed by atoms with Crippen molar-refractivity contribution in [2.24, 2.45) is 0 Å². The maximum absolute atomic E-state index is 4.14. The van der Waals surface area contributed by atoms with Gasteiger partial charge in [0.05, 0.1) is 0 Å². The molecule has 10 heavy (non-hydrogen) atoms. The van der Waals surface area contributed by atoms with Gasteiger partial charge in [-0.3, -0.25) is 0 Å². The van der Waals surface area contributed by atoms with E-state index in [-0.39, 0.29) is 0 Å². The Morgan fingerprint density at radius 3 is 1.00 bits per heavy atom. The molecule has 0 unspecified atom stereocenters. The van der Waals surface area contributed by atoms with Crippen LogP contribution >= 0.6 is 0 Å². The van der Waals surface area contributed by atoms with Crippen LogP contribution in [0.25, 0.3) is 0 Å². The van der Waals surface area contributed by atoms with Crippen molar-refractivity contribution in [2.45, 2.75) is 39.3 Å². The third-order valence-electron chi connectivity index (χ3n) is 1.15. The van der Waals surface area contributed by atoms with Crippen LogP contribution in [0.4, 0.5) is 0 Å². The quantitative estimate of drug-likeness (QED) is 0.641. The second kappa shape index (κ2) is 3.11. The molecule has 0 rings (SSSR count). The molecule has 0 aliphatic heterocycles. The van der Waals surface area contributed by atoms with Crippen molar-refractivity contribution < 1.29 is 16.2 Å². The van der Waals surface area contributed by atoms with Gasteiger partial charge in [-0.15, -0.1) is 0 Å². The predicted octanol–water partition coefficient (Wildman–Crippen LogP) is 2.42. The Kier molecular flexibility index (Phi) is 3.39. The summed E-state index contributed by atoms with van der Waals surface area (Å²) in [6.07, 6.45) is 0. The zero-order valence-electron chi connectivity index (χ0n) is 7.80. The maximum atomic E-state index is 4.14. The average Bonchev–Trinajstić information content (AvgIpc) is 1.59. The summed E-state index contributed by atoms with van der Waals surface area (Å²) in [5.74, 6) is 0. The molecule has 0 aliphatic carbocycles. The van der Waals surface area contributed by atoms with Gasteiger partial charge in [-0.1, -0.05) is 0 Å². The molecule has 4 heteroatoms. The minimum atomic E-state index is -1.11. The molecule has 0 amide bonds. The van der Waals surface area contributed by atoms with Crippen molar-refractivity contribution in [3.63, 3.8) is 0 Å². The molecular weight excluding hydrogens is 198 g/mol. The van der Waals surface area contributed by atoms with Crippen molar-refractivity contribution in [1.29, 1.82) is 0 Å². The van der Waals surface area contributed by atoms with Crippen molar-refractivity contribution in [3.05, 3.63) is 0 Å². The van der Waals surface area contributed by atoms with E-state index in [0.29, 0.717) is 0 Å². The molecule has 0 fully saturated rings. The standard InChI is InChI=1S/C6H18NSi2.Fe/c1-8(2,3)7-9(4,5)6;/h1-6H3;/q-1;+1. The van der Waals surface area contributed by atoms with Crippen LogP contribution in [-0.4, -0.2) is 19.7 Å². The Hall–Kier alpha value is 0.913. The van der Waals surface area contributed by atoms with E-state index >= 15 is 0 Å². The molecule has 0 heterocycles. The van der Waals surface area contributed by atoms with Gasteiger partial charge in [-0.25, -0.2) is 0 Å². The number of nitrogens with zero attached hydrogens (tertiary/aromatic N) is 1. The van der Waals surface area contributed by atoms with Crippen LogP contribution in [0.3, 0.4) is 0 Å². The third kappa shape index (κ3) is 3.35. The van der Waals surface area contributed by atoms with E-state index in [4.69, 9.17) is 0 Å². The monoisotopic (exact) mass is 216 g/mol. The first kappa shape index (κ1) is 10.9. The van der Waals surface area contributed by atoms with Crippen molar-refractivity contribution >= 4 is 16.5 Å². The molecule has 0 aromatic heterocycles. The summed E-state index contributed by atoms with van der Waals surface area (Å²) in [5.41, 5.74) is 0. The van der Waals surface area contributed by atoms with Gasteiger partial charge < -0.3 is 0 Å². The fourth-order valence-corrected chi connectivity index (χ4v) is 9.06. The molecule has 0 radical (unpaired) electrons. The molecule has 0 bridgehead atoms. The average molecular weight is 216 g/mol. The van der Waals surface area contributed by atoms with Crippen LogP contribution in [-0.2, 0) is 16.2 Å². The molecule has 0 aliphatic rings. The van der Waals surface area contributed by atoms with Gasteiger partial charge in [0.1, 0.15) is 0 Å². The summed E-state index contributed by atoms with van der Waals surface area (Å²) >= 11 is 4.14. The zero-order valence-corrected chi connectivity index (χ0v) is 10.9. The number of hydrogen-bond acceptors (Lipinski definition) is 1. The van der Waals surface area contributed by atoms with Gasteiger partial charge in [-0.2, -0.15) is 0 Å². The Morgan fingerprint density at radius 1 is 0.800 bits per heavy atom. The summed E-state index contributed by atoms with van der Waals surface area (Å²) in [6.45, 7) is 14.1. The summed E-state index contributed by atoms with van der Waals surface area (Å²) in [6, 6.07) is 0. The molecular formula is C6H18FeNSi2. The van der Waals surface area contributed by atoms with Gasteiger partial charge in [0.25, 0.3) is 0 Å². The van der Waals surface area contributed by atoms with Crippen LogP contribution in [0.5, 0.6) is 0 Å². The van der Waals surface area contributed by atoms with Crippen LogP contribution in [0.15, 0.2) is 0 Å². The van der Waals surface area contributed by atoms with E-state index < -0.39 is 16.5 Å². The van der Waals surface area contributed by atoms with Crippen LogP contribution < -0.4 is 0 Å². The van der Waals surface area contributed by atoms with E-state index in [0.717, 1.165) is 0 Å². The van der Waals surface area contributed by atoms with Gasteiger partial charge in [-0.05, 0) is 0 Å². The summed E-state index contributed by atoms with van der Waals surface area (Å²) in [7, 11) is -2.22. The minimum absolute atomic E-state index is 1.11. The molecule has 0 atom stereocenters. The van der Waals surface area contributed by atoms with Crippen LogP contribution in [0, 0.1) is 0 Å². The van der Waals surface area contributed by atoms with E-state index in [1.165, 1.54) is 0 Å². The second-order valence-electron chi connectivity index (χ2n) is 4.61. The van der Waals surface area contributed by atoms with Crippen LogP contribution in [0.2, 0.25) is 39.3 Å². The normalized spacial score (nSPS) is 14.4.